The molecular weight excluding hydrogens is 292 g/mol. The highest BCUT2D eigenvalue weighted by molar-refractivity contribution is 5.99. The van der Waals surface area contributed by atoms with Gasteiger partial charge in [0.05, 0.1) is 14.6 Å². The van der Waals surface area contributed by atoms with E-state index in [9.17, 15) is 20.4 Å². The summed E-state index contributed by atoms with van der Waals surface area (Å²) in [7, 11) is 0. The fourth-order valence-electron chi connectivity index (χ4n) is 1.45. The molecule has 3 N–H and O–H groups in total. The van der Waals surface area contributed by atoms with Gasteiger partial charge in [-0.05, 0) is 0 Å². The Balaban J connectivity index is 3.70. The third-order valence-electron chi connectivity index (χ3n) is 2.38. The van der Waals surface area contributed by atoms with Crippen molar-refractivity contribution < 1.29 is 35.0 Å². The summed E-state index contributed by atoms with van der Waals surface area (Å²) in [5.74, 6) is -5.24. The molecule has 0 heterocycles. The van der Waals surface area contributed by atoms with Gasteiger partial charge in [0.15, 0.2) is 0 Å². The number of Topliss-reactive ketones (excluding diaryl/α,β-unsaturated/α-hetero) is 1. The summed E-state index contributed by atoms with van der Waals surface area (Å²) >= 11 is 0. The molecule has 0 bridgehead atoms. The highest BCUT2D eigenvalue weighted by Gasteiger charge is 2.74. The molecule has 0 aliphatic carbocycles. The van der Waals surface area contributed by atoms with Gasteiger partial charge in [-0.1, -0.05) is 30.3 Å². The number of rotatable bonds is 5. The number of carbonyl (C=O) groups is 1. The summed E-state index contributed by atoms with van der Waals surface area (Å²) in [6.45, 7) is 0. The van der Waals surface area contributed by atoms with Gasteiger partial charge in [0.2, 0.25) is 15.8 Å². The second-order valence-electron chi connectivity index (χ2n) is 3.42. The normalized spacial score (nSPS) is 14.0. The predicted molar refractivity (Wildman–Crippen MR) is 57.0 cm³/mol. The number of carbonyl (C=O) groups excluding carboxylic acids is 1. The van der Waals surface area contributed by atoms with E-state index >= 15 is 0 Å². The molecule has 21 heavy (non-hydrogen) atoms. The molecule has 13 heteroatoms. The Bertz CT molecular complexity index is 567. The first-order valence-electron chi connectivity index (χ1n) is 5.03. The van der Waals surface area contributed by atoms with Crippen LogP contribution < -0.4 is 0 Å². The quantitative estimate of drug-likeness (QED) is 0.232. The summed E-state index contributed by atoms with van der Waals surface area (Å²) < 4.78 is 0. The SMILES string of the molecule is O=C(c1ccccc1)C(/[N+]([O-])=N/O)(/[N+]([O-])=N/O)/[N+]([O-])=N/O. The zero-order valence-corrected chi connectivity index (χ0v) is 10.0. The monoisotopic (exact) mass is 300 g/mol. The van der Waals surface area contributed by atoms with Gasteiger partial charge in [0.25, 0.3) is 0 Å². The smallest absolute Gasteiger partial charge is 0.586 e. The maximum absolute atomic E-state index is 12.2. The summed E-state index contributed by atoms with van der Waals surface area (Å²) in [6.07, 6.45) is 0. The Hall–Kier alpha value is -3.51. The number of hydroxylamine groups is 3. The molecule has 0 aliphatic heterocycles. The van der Waals surface area contributed by atoms with E-state index in [1.165, 1.54) is 18.2 Å². The highest BCUT2D eigenvalue weighted by atomic mass is 16.7. The van der Waals surface area contributed by atoms with Gasteiger partial charge in [0.1, 0.15) is 0 Å². The van der Waals surface area contributed by atoms with E-state index < -0.39 is 26.2 Å². The number of ketones is 1. The molecule has 0 aliphatic rings. The third-order valence-corrected chi connectivity index (χ3v) is 2.38. The Morgan fingerprint density at radius 1 is 0.905 bits per heavy atom. The van der Waals surface area contributed by atoms with E-state index in [1.807, 2.05) is 15.8 Å². The van der Waals surface area contributed by atoms with Crippen molar-refractivity contribution >= 4 is 5.78 Å². The van der Waals surface area contributed by atoms with E-state index in [0.717, 1.165) is 12.1 Å². The van der Waals surface area contributed by atoms with Crippen molar-refractivity contribution in [2.24, 2.45) is 15.8 Å². The molecule has 0 spiro atoms. The molecule has 0 saturated carbocycles. The Morgan fingerprint density at radius 2 is 1.29 bits per heavy atom. The van der Waals surface area contributed by atoms with Crippen molar-refractivity contribution in [1.82, 2.24) is 0 Å². The Kier molecular flexibility index (Phi) is 4.51. The lowest BCUT2D eigenvalue weighted by Crippen LogP contribution is -2.60. The lowest BCUT2D eigenvalue weighted by Gasteiger charge is -2.16. The van der Waals surface area contributed by atoms with Crippen molar-refractivity contribution in [2.75, 3.05) is 0 Å². The van der Waals surface area contributed by atoms with Gasteiger partial charge in [-0.3, -0.25) is 4.79 Å². The van der Waals surface area contributed by atoms with Gasteiger partial charge in [-0.2, -0.15) is 0 Å². The second-order valence-corrected chi connectivity index (χ2v) is 3.42. The van der Waals surface area contributed by atoms with Crippen molar-refractivity contribution in [3.63, 3.8) is 0 Å². The largest absolute Gasteiger partial charge is 0.719 e. The van der Waals surface area contributed by atoms with Crippen molar-refractivity contribution in [2.45, 2.75) is 5.79 Å². The fourth-order valence-corrected chi connectivity index (χ4v) is 1.45. The molecule has 1 aromatic rings. The topological polar surface area (TPSA) is 193 Å². The average molecular weight is 300 g/mol. The van der Waals surface area contributed by atoms with Gasteiger partial charge in [-0.15, -0.1) is 0 Å². The maximum Gasteiger partial charge on any atom is 0.719 e. The lowest BCUT2D eigenvalue weighted by molar-refractivity contribution is -0.990. The first kappa shape index (κ1) is 15.5. The van der Waals surface area contributed by atoms with Crippen LogP contribution in [0.3, 0.4) is 0 Å². The van der Waals surface area contributed by atoms with Gasteiger partial charge < -0.3 is 31.2 Å². The molecule has 0 atom stereocenters. The molecule has 1 aromatic carbocycles. The van der Waals surface area contributed by atoms with Crippen LogP contribution in [-0.2, 0) is 0 Å². The van der Waals surface area contributed by atoms with E-state index in [4.69, 9.17) is 15.6 Å². The number of hydrogen-bond donors (Lipinski definition) is 3. The van der Waals surface area contributed by atoms with E-state index in [1.54, 1.807) is 0 Å². The maximum atomic E-state index is 12.2. The molecule has 0 saturated heterocycles. The Morgan fingerprint density at radius 3 is 1.62 bits per heavy atom. The predicted octanol–water partition coefficient (Wildman–Crippen LogP) is 0.578. The van der Waals surface area contributed by atoms with Gasteiger partial charge in [0, 0.05) is 5.56 Å². The molecule has 0 radical (unpaired) electrons. The van der Waals surface area contributed by atoms with Crippen LogP contribution in [0.2, 0.25) is 0 Å². The van der Waals surface area contributed by atoms with Crippen molar-refractivity contribution in [3.8, 4) is 0 Å². The molecule has 112 valence electrons. The molecule has 13 nitrogen and oxygen atoms in total. The molecule has 1 rings (SSSR count). The average Bonchev–Trinajstić information content (AvgIpc) is 2.54. The van der Waals surface area contributed by atoms with E-state index in [-0.39, 0.29) is 5.56 Å². The number of benzene rings is 1. The van der Waals surface area contributed by atoms with Gasteiger partial charge in [-0.25, -0.2) is 0 Å². The molecule has 0 fully saturated rings. The van der Waals surface area contributed by atoms with Crippen LogP contribution in [0.5, 0.6) is 0 Å². The first-order valence-corrected chi connectivity index (χ1v) is 5.03. The lowest BCUT2D eigenvalue weighted by atomic mass is 10.1. The van der Waals surface area contributed by atoms with Crippen LogP contribution in [0.4, 0.5) is 0 Å². The van der Waals surface area contributed by atoms with Crippen molar-refractivity contribution in [3.05, 3.63) is 51.5 Å². The minimum Gasteiger partial charge on any atom is -0.586 e. The molecule has 0 amide bonds. The molecule has 0 unspecified atom stereocenters. The van der Waals surface area contributed by atoms with Crippen LogP contribution in [0.25, 0.3) is 0 Å². The summed E-state index contributed by atoms with van der Waals surface area (Å²) in [6, 6.07) is 6.37. The first-order chi connectivity index (χ1) is 9.96. The van der Waals surface area contributed by atoms with Crippen LogP contribution >= 0.6 is 0 Å². The van der Waals surface area contributed by atoms with Gasteiger partial charge >= 0.3 is 11.6 Å². The fraction of sp³-hybridized carbons (Fsp3) is 0.125. The highest BCUT2D eigenvalue weighted by Crippen LogP contribution is 2.21. The van der Waals surface area contributed by atoms with Crippen LogP contribution in [-0.4, -0.2) is 41.8 Å². The van der Waals surface area contributed by atoms with E-state index in [2.05, 4.69) is 0 Å². The summed E-state index contributed by atoms with van der Waals surface area (Å²) in [4.78, 5) is 8.98. The molecule has 0 aromatic heterocycles. The standard InChI is InChI=1S/C8H8N6O7/c15-7(6-4-2-1-3-5-6)8(12(19)9-16,13(20)10-17)14(21)11-18/h1-5,16-18H/b12-9-,13-10-,14-11-. The van der Waals surface area contributed by atoms with Crippen LogP contribution in [0.1, 0.15) is 10.4 Å². The summed E-state index contributed by atoms with van der Waals surface area (Å²) in [5, 5.41) is 65.8. The second kappa shape index (κ2) is 6.09. The molecular formula is C8H8N6O7. The van der Waals surface area contributed by atoms with Crippen LogP contribution in [0, 0.1) is 15.6 Å². The minimum atomic E-state index is -3.67. The minimum absolute atomic E-state index is 0.365. The van der Waals surface area contributed by atoms with E-state index in [0.29, 0.717) is 0 Å². The zero-order chi connectivity index (χ0) is 16.0. The van der Waals surface area contributed by atoms with Crippen molar-refractivity contribution in [1.29, 1.82) is 0 Å². The zero-order valence-electron chi connectivity index (χ0n) is 10.0. The van der Waals surface area contributed by atoms with Crippen LogP contribution in [0.15, 0.2) is 46.2 Å². The number of hydrogen-bond acceptors (Lipinski definition) is 7. The Labute approximate surface area is 115 Å². The number of nitrogens with zero attached hydrogens (tertiary/aromatic N) is 6. The summed E-state index contributed by atoms with van der Waals surface area (Å²) in [5.41, 5.74) is -0.365. The third kappa shape index (κ3) is 2.34.